The van der Waals surface area contributed by atoms with Crippen LogP contribution in [0.1, 0.15) is 39.5 Å². The van der Waals surface area contributed by atoms with Crippen LogP contribution in [0.2, 0.25) is 0 Å². The summed E-state index contributed by atoms with van der Waals surface area (Å²) in [7, 11) is 1.64. The van der Waals surface area contributed by atoms with Crippen LogP contribution in [-0.2, 0) is 14.3 Å². The zero-order valence-electron chi connectivity index (χ0n) is 10.0. The third-order valence-electron chi connectivity index (χ3n) is 3.29. The van der Waals surface area contributed by atoms with Crippen LogP contribution >= 0.6 is 0 Å². The number of methoxy groups -OCH3 is 1. The molecule has 0 aliphatic heterocycles. The number of carbonyl (C=O) groups is 1. The first-order chi connectivity index (χ1) is 7.14. The van der Waals surface area contributed by atoms with E-state index in [1.165, 1.54) is 6.42 Å². The number of rotatable bonds is 5. The zero-order chi connectivity index (χ0) is 11.3. The van der Waals surface area contributed by atoms with Gasteiger partial charge in [0.15, 0.2) is 5.78 Å². The van der Waals surface area contributed by atoms with Crippen molar-refractivity contribution in [2.45, 2.75) is 45.1 Å². The van der Waals surface area contributed by atoms with E-state index in [-0.39, 0.29) is 12.4 Å². The van der Waals surface area contributed by atoms with Crippen molar-refractivity contribution in [2.75, 3.05) is 20.3 Å². The summed E-state index contributed by atoms with van der Waals surface area (Å²) in [5.74, 6) is 0.683. The minimum atomic E-state index is -0.563. The first-order valence-corrected chi connectivity index (χ1v) is 5.81. The summed E-state index contributed by atoms with van der Waals surface area (Å²) in [5.41, 5.74) is -0.563. The fraction of sp³-hybridized carbons (Fsp3) is 0.917. The molecule has 2 unspecified atom stereocenters. The molecule has 0 spiro atoms. The van der Waals surface area contributed by atoms with E-state index in [2.05, 4.69) is 6.92 Å². The van der Waals surface area contributed by atoms with Crippen LogP contribution in [0.5, 0.6) is 0 Å². The van der Waals surface area contributed by atoms with Gasteiger partial charge >= 0.3 is 0 Å². The highest BCUT2D eigenvalue weighted by Gasteiger charge is 2.41. The van der Waals surface area contributed by atoms with E-state index in [0.29, 0.717) is 12.5 Å². The Bertz CT molecular complexity index is 215. The summed E-state index contributed by atoms with van der Waals surface area (Å²) >= 11 is 0. The van der Waals surface area contributed by atoms with Gasteiger partial charge < -0.3 is 9.47 Å². The summed E-state index contributed by atoms with van der Waals surface area (Å²) in [5, 5.41) is 0. The highest BCUT2D eigenvalue weighted by atomic mass is 16.5. The van der Waals surface area contributed by atoms with Gasteiger partial charge in [0.25, 0.3) is 0 Å². The van der Waals surface area contributed by atoms with Crippen LogP contribution in [-0.4, -0.2) is 31.7 Å². The Hall–Kier alpha value is -0.410. The van der Waals surface area contributed by atoms with Crippen molar-refractivity contribution < 1.29 is 14.3 Å². The Morgan fingerprint density at radius 3 is 2.80 bits per heavy atom. The van der Waals surface area contributed by atoms with Gasteiger partial charge in [0, 0.05) is 13.7 Å². The predicted octanol–water partition coefficient (Wildman–Crippen LogP) is 2.19. The number of hydrogen-bond donors (Lipinski definition) is 0. The Kier molecular flexibility index (Phi) is 4.74. The number of hydrogen-bond acceptors (Lipinski definition) is 3. The van der Waals surface area contributed by atoms with E-state index in [9.17, 15) is 4.79 Å². The normalized spacial score (nSPS) is 31.5. The molecule has 1 fully saturated rings. The van der Waals surface area contributed by atoms with Crippen LogP contribution in [0, 0.1) is 5.92 Å². The molecule has 88 valence electrons. The average Bonchev–Trinajstić information content (AvgIpc) is 2.25. The van der Waals surface area contributed by atoms with Gasteiger partial charge in [0.05, 0.1) is 0 Å². The molecule has 1 saturated carbocycles. The number of ether oxygens (including phenoxy) is 2. The molecule has 15 heavy (non-hydrogen) atoms. The molecular weight excluding hydrogens is 192 g/mol. The smallest absolute Gasteiger partial charge is 0.190 e. The highest BCUT2D eigenvalue weighted by molar-refractivity contribution is 5.88. The molecule has 1 aliphatic rings. The molecule has 0 saturated heterocycles. The second-order valence-corrected chi connectivity index (χ2v) is 4.46. The van der Waals surface area contributed by atoms with Crippen LogP contribution in [0.4, 0.5) is 0 Å². The van der Waals surface area contributed by atoms with Gasteiger partial charge in [0.1, 0.15) is 12.2 Å². The van der Waals surface area contributed by atoms with E-state index in [0.717, 1.165) is 19.3 Å². The van der Waals surface area contributed by atoms with Gasteiger partial charge in [-0.25, -0.2) is 0 Å². The maximum absolute atomic E-state index is 12.0. The highest BCUT2D eigenvalue weighted by Crippen LogP contribution is 2.35. The van der Waals surface area contributed by atoms with E-state index in [4.69, 9.17) is 9.47 Å². The van der Waals surface area contributed by atoms with Crippen LogP contribution in [0.15, 0.2) is 0 Å². The topological polar surface area (TPSA) is 35.5 Å². The standard InChI is InChI=1S/C12H22O3/c1-4-15-9-11(13)12(14-3)7-5-6-10(2)8-12/h10H,4-9H2,1-3H3. The summed E-state index contributed by atoms with van der Waals surface area (Å²) in [6.45, 7) is 4.86. The number of ketones is 1. The largest absolute Gasteiger partial charge is 0.374 e. The van der Waals surface area contributed by atoms with Crippen molar-refractivity contribution in [3.8, 4) is 0 Å². The Morgan fingerprint density at radius 1 is 1.53 bits per heavy atom. The molecule has 0 N–H and O–H groups in total. The molecular formula is C12H22O3. The van der Waals surface area contributed by atoms with Gasteiger partial charge in [-0.3, -0.25) is 4.79 Å². The average molecular weight is 214 g/mol. The summed E-state index contributed by atoms with van der Waals surface area (Å²) in [4.78, 5) is 12.0. The van der Waals surface area contributed by atoms with Crippen molar-refractivity contribution in [1.29, 1.82) is 0 Å². The van der Waals surface area contributed by atoms with Gasteiger partial charge in [0.2, 0.25) is 0 Å². The second-order valence-electron chi connectivity index (χ2n) is 4.46. The third kappa shape index (κ3) is 3.02. The molecule has 0 aromatic carbocycles. The van der Waals surface area contributed by atoms with Crippen molar-refractivity contribution >= 4 is 5.78 Å². The van der Waals surface area contributed by atoms with Gasteiger partial charge in [-0.2, -0.15) is 0 Å². The lowest BCUT2D eigenvalue weighted by atomic mass is 9.76. The third-order valence-corrected chi connectivity index (χ3v) is 3.29. The molecule has 0 radical (unpaired) electrons. The molecule has 2 atom stereocenters. The molecule has 3 nitrogen and oxygen atoms in total. The van der Waals surface area contributed by atoms with Crippen LogP contribution in [0.25, 0.3) is 0 Å². The molecule has 3 heteroatoms. The minimum absolute atomic E-state index is 0.110. The first kappa shape index (κ1) is 12.7. The van der Waals surface area contributed by atoms with E-state index in [1.54, 1.807) is 7.11 Å². The van der Waals surface area contributed by atoms with Crippen molar-refractivity contribution in [3.05, 3.63) is 0 Å². The van der Waals surface area contributed by atoms with E-state index >= 15 is 0 Å². The van der Waals surface area contributed by atoms with Gasteiger partial charge in [-0.05, 0) is 32.1 Å². The molecule has 0 aromatic rings. The van der Waals surface area contributed by atoms with Crippen molar-refractivity contribution in [2.24, 2.45) is 5.92 Å². The maximum atomic E-state index is 12.0. The molecule has 1 rings (SSSR count). The molecule has 0 aromatic heterocycles. The van der Waals surface area contributed by atoms with Crippen LogP contribution < -0.4 is 0 Å². The summed E-state index contributed by atoms with van der Waals surface area (Å²) < 4.78 is 10.7. The van der Waals surface area contributed by atoms with Crippen molar-refractivity contribution in [3.63, 3.8) is 0 Å². The number of Topliss-reactive ketones (excluding diaryl/α,β-unsaturated/α-hetero) is 1. The van der Waals surface area contributed by atoms with E-state index < -0.39 is 5.60 Å². The monoisotopic (exact) mass is 214 g/mol. The van der Waals surface area contributed by atoms with Gasteiger partial charge in [-0.1, -0.05) is 13.3 Å². The zero-order valence-corrected chi connectivity index (χ0v) is 10.0. The first-order valence-electron chi connectivity index (χ1n) is 5.81. The fourth-order valence-electron chi connectivity index (χ4n) is 2.38. The Morgan fingerprint density at radius 2 is 2.27 bits per heavy atom. The van der Waals surface area contributed by atoms with Gasteiger partial charge in [-0.15, -0.1) is 0 Å². The predicted molar refractivity (Wildman–Crippen MR) is 58.9 cm³/mol. The minimum Gasteiger partial charge on any atom is -0.374 e. The Balaban J connectivity index is 2.61. The quantitative estimate of drug-likeness (QED) is 0.703. The molecule has 0 amide bonds. The summed E-state index contributed by atoms with van der Waals surface area (Å²) in [6, 6.07) is 0. The lowest BCUT2D eigenvalue weighted by Gasteiger charge is -2.37. The SMILES string of the molecule is CCOCC(=O)C1(OC)CCCC(C)C1. The lowest BCUT2D eigenvalue weighted by Crippen LogP contribution is -2.46. The molecule has 1 aliphatic carbocycles. The second kappa shape index (κ2) is 5.61. The summed E-state index contributed by atoms with van der Waals surface area (Å²) in [6.07, 6.45) is 3.97. The van der Waals surface area contributed by atoms with Crippen LogP contribution in [0.3, 0.4) is 0 Å². The number of carbonyl (C=O) groups excluding carboxylic acids is 1. The van der Waals surface area contributed by atoms with Crippen molar-refractivity contribution in [1.82, 2.24) is 0 Å². The molecule has 0 heterocycles. The van der Waals surface area contributed by atoms with E-state index in [1.807, 2.05) is 6.92 Å². The fourth-order valence-corrected chi connectivity index (χ4v) is 2.38. The lowest BCUT2D eigenvalue weighted by molar-refractivity contribution is -0.151. The molecule has 0 bridgehead atoms. The Labute approximate surface area is 92.1 Å². The maximum Gasteiger partial charge on any atom is 0.190 e.